The van der Waals surface area contributed by atoms with E-state index in [2.05, 4.69) is 24.3 Å². The number of ether oxygens (including phenoxy) is 1. The summed E-state index contributed by atoms with van der Waals surface area (Å²) < 4.78 is 5.71. The predicted octanol–water partition coefficient (Wildman–Crippen LogP) is 4.03. The Hall–Kier alpha value is -2.00. The van der Waals surface area contributed by atoms with Crippen molar-refractivity contribution in [1.82, 2.24) is 0 Å². The fourth-order valence-corrected chi connectivity index (χ4v) is 2.41. The van der Waals surface area contributed by atoms with Crippen molar-refractivity contribution in [3.8, 4) is 5.75 Å². The quantitative estimate of drug-likeness (QED) is 0.461. The lowest BCUT2D eigenvalue weighted by Crippen LogP contribution is -2.14. The number of unbranched alkanes of at least 4 members (excludes halogenated alkanes) is 1. The minimum Gasteiger partial charge on any atom is -0.493 e. The van der Waals surface area contributed by atoms with Crippen LogP contribution in [-0.4, -0.2) is 12.4 Å². The van der Waals surface area contributed by atoms with Crippen molar-refractivity contribution in [3.63, 3.8) is 0 Å². The van der Waals surface area contributed by atoms with Gasteiger partial charge in [-0.3, -0.25) is 5.41 Å². The van der Waals surface area contributed by atoms with Gasteiger partial charge in [0, 0.05) is 0 Å². The summed E-state index contributed by atoms with van der Waals surface area (Å²) in [4.78, 5) is 0. The van der Waals surface area contributed by atoms with Crippen LogP contribution in [0.5, 0.6) is 5.75 Å². The number of hydrogen-bond acceptors (Lipinski definition) is 2. The third-order valence-electron chi connectivity index (χ3n) is 3.20. The topological polar surface area (TPSA) is 59.1 Å². The molecule has 0 amide bonds. The van der Waals surface area contributed by atoms with Crippen LogP contribution < -0.4 is 10.5 Å². The van der Waals surface area contributed by atoms with E-state index in [9.17, 15) is 0 Å². The number of halogens is 1. The molecule has 0 aromatic heterocycles. The van der Waals surface area contributed by atoms with Gasteiger partial charge in [0.2, 0.25) is 0 Å². The third-order valence-corrected chi connectivity index (χ3v) is 3.52. The van der Waals surface area contributed by atoms with E-state index in [1.54, 1.807) is 18.2 Å². The molecule has 2 rings (SSSR count). The molecule has 0 aliphatic heterocycles. The van der Waals surface area contributed by atoms with Crippen molar-refractivity contribution in [2.24, 2.45) is 5.73 Å². The van der Waals surface area contributed by atoms with Crippen molar-refractivity contribution in [2.75, 3.05) is 6.61 Å². The van der Waals surface area contributed by atoms with E-state index < -0.39 is 0 Å². The van der Waals surface area contributed by atoms with Crippen LogP contribution in [0.3, 0.4) is 0 Å². The predicted molar refractivity (Wildman–Crippen MR) is 87.3 cm³/mol. The molecule has 0 heterocycles. The summed E-state index contributed by atoms with van der Waals surface area (Å²) >= 11 is 6.04. The van der Waals surface area contributed by atoms with E-state index in [4.69, 9.17) is 27.5 Å². The molecule has 0 spiro atoms. The van der Waals surface area contributed by atoms with Gasteiger partial charge in [-0.2, -0.15) is 0 Å². The highest BCUT2D eigenvalue weighted by atomic mass is 35.5. The Morgan fingerprint density at radius 3 is 2.52 bits per heavy atom. The normalized spacial score (nSPS) is 10.3. The SMILES string of the molecule is N=C(N)c1c(Cl)cccc1OCCCCc1ccccc1. The number of hydrogen-bond donors (Lipinski definition) is 2. The zero-order valence-corrected chi connectivity index (χ0v) is 12.6. The van der Waals surface area contributed by atoms with Crippen molar-refractivity contribution in [1.29, 1.82) is 5.41 Å². The Bertz CT molecular complexity index is 599. The lowest BCUT2D eigenvalue weighted by atomic mass is 10.1. The maximum atomic E-state index is 7.56. The molecule has 0 aliphatic carbocycles. The van der Waals surface area contributed by atoms with Crippen molar-refractivity contribution in [3.05, 3.63) is 64.7 Å². The largest absolute Gasteiger partial charge is 0.493 e. The van der Waals surface area contributed by atoms with Crippen LogP contribution in [0.1, 0.15) is 24.0 Å². The molecule has 4 heteroatoms. The van der Waals surface area contributed by atoms with Gasteiger partial charge in [0.25, 0.3) is 0 Å². The lowest BCUT2D eigenvalue weighted by Gasteiger charge is -2.11. The number of nitrogen functional groups attached to an aromatic ring is 1. The molecule has 2 aromatic carbocycles. The molecule has 0 bridgehead atoms. The summed E-state index contributed by atoms with van der Waals surface area (Å²) in [6.07, 6.45) is 3.04. The molecule has 0 saturated heterocycles. The fourth-order valence-electron chi connectivity index (χ4n) is 2.14. The Balaban J connectivity index is 1.81. The first-order valence-corrected chi connectivity index (χ1v) is 7.36. The van der Waals surface area contributed by atoms with Crippen molar-refractivity contribution in [2.45, 2.75) is 19.3 Å². The van der Waals surface area contributed by atoms with Crippen molar-refractivity contribution < 1.29 is 4.74 Å². The molecule has 2 aromatic rings. The summed E-state index contributed by atoms with van der Waals surface area (Å²) in [6.45, 7) is 0.591. The van der Waals surface area contributed by atoms with Crippen LogP contribution >= 0.6 is 11.6 Å². The van der Waals surface area contributed by atoms with Crippen LogP contribution in [0.4, 0.5) is 0 Å². The summed E-state index contributed by atoms with van der Waals surface area (Å²) in [5.41, 5.74) is 7.35. The first kappa shape index (κ1) is 15.4. The number of benzene rings is 2. The van der Waals surface area contributed by atoms with Crippen LogP contribution in [-0.2, 0) is 6.42 Å². The molecule has 0 radical (unpaired) electrons. The highest BCUT2D eigenvalue weighted by molar-refractivity contribution is 6.34. The second-order valence-electron chi connectivity index (χ2n) is 4.82. The molecular formula is C17H19ClN2O. The molecule has 3 nitrogen and oxygen atoms in total. The summed E-state index contributed by atoms with van der Waals surface area (Å²) in [5, 5.41) is 8.01. The van der Waals surface area contributed by atoms with Crippen LogP contribution in [0.15, 0.2) is 48.5 Å². The number of amidine groups is 1. The average molecular weight is 303 g/mol. The average Bonchev–Trinajstić information content (AvgIpc) is 2.47. The molecule has 110 valence electrons. The van der Waals surface area contributed by atoms with Gasteiger partial charge in [0.1, 0.15) is 11.6 Å². The van der Waals surface area contributed by atoms with Gasteiger partial charge in [-0.15, -0.1) is 0 Å². The maximum Gasteiger partial charge on any atom is 0.131 e. The minimum absolute atomic E-state index is 0.0696. The van der Waals surface area contributed by atoms with E-state index in [0.29, 0.717) is 22.9 Å². The molecule has 0 aliphatic rings. The van der Waals surface area contributed by atoms with Gasteiger partial charge in [-0.05, 0) is 37.0 Å². The Morgan fingerprint density at radius 2 is 1.81 bits per heavy atom. The second kappa shape index (κ2) is 7.70. The molecular weight excluding hydrogens is 284 g/mol. The number of aryl methyl sites for hydroxylation is 1. The van der Waals surface area contributed by atoms with Crippen LogP contribution in [0.2, 0.25) is 5.02 Å². The van der Waals surface area contributed by atoms with E-state index in [1.807, 2.05) is 6.07 Å². The van der Waals surface area contributed by atoms with Gasteiger partial charge in [-0.1, -0.05) is 48.0 Å². The third kappa shape index (κ3) is 4.50. The lowest BCUT2D eigenvalue weighted by molar-refractivity contribution is 0.306. The Morgan fingerprint density at radius 1 is 1.05 bits per heavy atom. The van der Waals surface area contributed by atoms with E-state index in [1.165, 1.54) is 5.56 Å². The highest BCUT2D eigenvalue weighted by Gasteiger charge is 2.10. The number of rotatable bonds is 7. The summed E-state index contributed by atoms with van der Waals surface area (Å²) in [6, 6.07) is 15.7. The van der Waals surface area contributed by atoms with Gasteiger partial charge in [0.05, 0.1) is 17.2 Å². The first-order valence-electron chi connectivity index (χ1n) is 6.98. The first-order chi connectivity index (χ1) is 10.2. The molecule has 0 atom stereocenters. The Labute approximate surface area is 130 Å². The molecule has 0 unspecified atom stereocenters. The Kier molecular flexibility index (Phi) is 5.64. The maximum absolute atomic E-state index is 7.56. The standard InChI is InChI=1S/C17H19ClN2O/c18-14-10-6-11-15(16(14)17(19)20)21-12-5-4-9-13-7-2-1-3-8-13/h1-3,6-8,10-11H,4-5,9,12H2,(H3,19,20). The van der Waals surface area contributed by atoms with E-state index >= 15 is 0 Å². The number of nitrogens with two attached hydrogens (primary N) is 1. The second-order valence-corrected chi connectivity index (χ2v) is 5.23. The summed E-state index contributed by atoms with van der Waals surface area (Å²) in [5.74, 6) is 0.509. The van der Waals surface area contributed by atoms with Gasteiger partial charge in [-0.25, -0.2) is 0 Å². The fraction of sp³-hybridized carbons (Fsp3) is 0.235. The van der Waals surface area contributed by atoms with Gasteiger partial charge in [0.15, 0.2) is 0 Å². The van der Waals surface area contributed by atoms with Crippen molar-refractivity contribution >= 4 is 17.4 Å². The minimum atomic E-state index is -0.0696. The zero-order valence-electron chi connectivity index (χ0n) is 11.8. The number of nitrogens with one attached hydrogen (secondary N) is 1. The molecule has 21 heavy (non-hydrogen) atoms. The summed E-state index contributed by atoms with van der Waals surface area (Å²) in [7, 11) is 0. The molecule has 3 N–H and O–H groups in total. The van der Waals surface area contributed by atoms with E-state index in [-0.39, 0.29) is 5.84 Å². The molecule has 0 fully saturated rings. The zero-order chi connectivity index (χ0) is 15.1. The van der Waals surface area contributed by atoms with Crippen LogP contribution in [0.25, 0.3) is 0 Å². The van der Waals surface area contributed by atoms with E-state index in [0.717, 1.165) is 19.3 Å². The monoisotopic (exact) mass is 302 g/mol. The smallest absolute Gasteiger partial charge is 0.131 e. The van der Waals surface area contributed by atoms with Gasteiger partial charge < -0.3 is 10.5 Å². The molecule has 0 saturated carbocycles. The highest BCUT2D eigenvalue weighted by Crippen LogP contribution is 2.26. The van der Waals surface area contributed by atoms with Crippen LogP contribution in [0, 0.1) is 5.41 Å². The van der Waals surface area contributed by atoms with Gasteiger partial charge >= 0.3 is 0 Å².